The lowest BCUT2D eigenvalue weighted by Gasteiger charge is -2.21. The minimum atomic E-state index is -0.279. The van der Waals surface area contributed by atoms with Crippen LogP contribution in [0.4, 0.5) is 0 Å². The van der Waals surface area contributed by atoms with Crippen LogP contribution in [-0.2, 0) is 20.7 Å². The van der Waals surface area contributed by atoms with E-state index in [1.807, 2.05) is 0 Å². The molecule has 1 aliphatic heterocycles. The summed E-state index contributed by atoms with van der Waals surface area (Å²) in [6.45, 7) is 9.11. The van der Waals surface area contributed by atoms with E-state index in [4.69, 9.17) is 4.74 Å². The Morgan fingerprint density at radius 3 is 2.59 bits per heavy atom. The average Bonchev–Trinajstić information content (AvgIpc) is 3.11. The standard InChI is InChI=1S/C21H32N2O3S/c1-5-26-19(24)10-11-22-20(25)18-13-27-21(23-18)15(4)17-8-6-16(7-9-17)12-14(2)3/h6-9,14-15,18,21,23H,5,10-13H2,1-4H3,(H,22,25)/t15-,18-,21?/m0/s1. The number of esters is 1. The lowest BCUT2D eigenvalue weighted by Crippen LogP contribution is -2.45. The Balaban J connectivity index is 1.80. The maximum absolute atomic E-state index is 12.3. The molecule has 1 fully saturated rings. The van der Waals surface area contributed by atoms with Gasteiger partial charge in [0.1, 0.15) is 0 Å². The predicted octanol–water partition coefficient (Wildman–Crippen LogP) is 3.09. The summed E-state index contributed by atoms with van der Waals surface area (Å²) in [4.78, 5) is 23.6. The van der Waals surface area contributed by atoms with Gasteiger partial charge in [-0.15, -0.1) is 11.8 Å². The van der Waals surface area contributed by atoms with Crippen molar-refractivity contribution in [1.82, 2.24) is 10.6 Å². The predicted molar refractivity (Wildman–Crippen MR) is 111 cm³/mol. The smallest absolute Gasteiger partial charge is 0.307 e. The third-order valence-corrected chi connectivity index (χ3v) is 6.09. The minimum absolute atomic E-state index is 0.0474. The van der Waals surface area contributed by atoms with Crippen molar-refractivity contribution >= 4 is 23.6 Å². The zero-order valence-electron chi connectivity index (χ0n) is 16.8. The summed E-state index contributed by atoms with van der Waals surface area (Å²) in [6, 6.07) is 8.62. The molecule has 2 rings (SSSR count). The van der Waals surface area contributed by atoms with Crippen molar-refractivity contribution in [2.45, 2.75) is 57.9 Å². The van der Waals surface area contributed by atoms with Gasteiger partial charge in [-0.2, -0.15) is 0 Å². The van der Waals surface area contributed by atoms with E-state index in [-0.39, 0.29) is 29.7 Å². The molecule has 1 unspecified atom stereocenters. The number of hydrogen-bond donors (Lipinski definition) is 2. The molecule has 0 bridgehead atoms. The van der Waals surface area contributed by atoms with Gasteiger partial charge in [0.25, 0.3) is 0 Å². The quantitative estimate of drug-likeness (QED) is 0.632. The van der Waals surface area contributed by atoms with E-state index in [2.05, 4.69) is 55.7 Å². The van der Waals surface area contributed by atoms with Gasteiger partial charge in [-0.05, 0) is 30.4 Å². The van der Waals surface area contributed by atoms with Crippen molar-refractivity contribution in [3.63, 3.8) is 0 Å². The van der Waals surface area contributed by atoms with E-state index in [0.29, 0.717) is 25.0 Å². The first-order chi connectivity index (χ1) is 12.9. The molecule has 5 nitrogen and oxygen atoms in total. The Morgan fingerprint density at radius 1 is 1.26 bits per heavy atom. The molecule has 1 saturated heterocycles. The molecule has 0 spiro atoms. The number of carbonyl (C=O) groups excluding carboxylic acids is 2. The average molecular weight is 393 g/mol. The maximum atomic E-state index is 12.3. The second kappa shape index (κ2) is 10.7. The number of ether oxygens (including phenoxy) is 1. The molecule has 150 valence electrons. The molecule has 27 heavy (non-hydrogen) atoms. The van der Waals surface area contributed by atoms with Gasteiger partial charge in [0.15, 0.2) is 0 Å². The first kappa shape index (κ1) is 21.8. The topological polar surface area (TPSA) is 67.4 Å². The van der Waals surface area contributed by atoms with Crippen LogP contribution in [0.1, 0.15) is 51.2 Å². The monoisotopic (exact) mass is 392 g/mol. The fourth-order valence-electron chi connectivity index (χ4n) is 3.18. The third kappa shape index (κ3) is 6.85. The van der Waals surface area contributed by atoms with E-state index >= 15 is 0 Å². The molecule has 6 heteroatoms. The van der Waals surface area contributed by atoms with E-state index in [9.17, 15) is 9.59 Å². The number of carbonyl (C=O) groups is 2. The zero-order chi connectivity index (χ0) is 19.8. The molecule has 1 amide bonds. The van der Waals surface area contributed by atoms with Crippen molar-refractivity contribution in [1.29, 1.82) is 0 Å². The Kier molecular flexibility index (Phi) is 8.64. The fraction of sp³-hybridized carbons (Fsp3) is 0.619. The molecule has 1 aliphatic rings. The van der Waals surface area contributed by atoms with Crippen molar-refractivity contribution < 1.29 is 14.3 Å². The summed E-state index contributed by atoms with van der Waals surface area (Å²) < 4.78 is 4.87. The third-order valence-electron chi connectivity index (χ3n) is 4.66. The number of hydrogen-bond acceptors (Lipinski definition) is 5. The van der Waals surface area contributed by atoms with E-state index in [1.165, 1.54) is 11.1 Å². The van der Waals surface area contributed by atoms with Gasteiger partial charge >= 0.3 is 5.97 Å². The number of amides is 1. The molecular formula is C21H32N2O3S. The summed E-state index contributed by atoms with van der Waals surface area (Å²) in [5, 5.41) is 6.47. The normalized spacial score (nSPS) is 20.5. The highest BCUT2D eigenvalue weighted by molar-refractivity contribution is 8.00. The highest BCUT2D eigenvalue weighted by Crippen LogP contribution is 2.32. The van der Waals surface area contributed by atoms with Crippen molar-refractivity contribution in [3.8, 4) is 0 Å². The molecule has 1 heterocycles. The molecule has 0 aliphatic carbocycles. The van der Waals surface area contributed by atoms with Crippen molar-refractivity contribution in [2.75, 3.05) is 18.9 Å². The van der Waals surface area contributed by atoms with Gasteiger partial charge in [-0.1, -0.05) is 45.0 Å². The first-order valence-electron chi connectivity index (χ1n) is 9.80. The van der Waals surface area contributed by atoms with E-state index in [1.54, 1.807) is 18.7 Å². The molecule has 0 radical (unpaired) electrons. The lowest BCUT2D eigenvalue weighted by molar-refractivity contribution is -0.143. The highest BCUT2D eigenvalue weighted by Gasteiger charge is 2.33. The number of thioether (sulfide) groups is 1. The fourth-order valence-corrected chi connectivity index (χ4v) is 4.54. The van der Waals surface area contributed by atoms with Crippen LogP contribution in [0.3, 0.4) is 0 Å². The van der Waals surface area contributed by atoms with E-state index < -0.39 is 0 Å². The van der Waals surface area contributed by atoms with Crippen LogP contribution in [0, 0.1) is 5.92 Å². The van der Waals surface area contributed by atoms with Crippen molar-refractivity contribution in [3.05, 3.63) is 35.4 Å². The van der Waals surface area contributed by atoms with Crippen LogP contribution in [-0.4, -0.2) is 42.2 Å². The molecule has 1 aromatic rings. The molecular weight excluding hydrogens is 360 g/mol. The SMILES string of the molecule is CCOC(=O)CCNC(=O)[C@@H]1CSC([C@@H](C)c2ccc(CC(C)C)cc2)N1. The van der Waals surface area contributed by atoms with Gasteiger partial charge < -0.3 is 10.1 Å². The number of nitrogens with one attached hydrogen (secondary N) is 2. The lowest BCUT2D eigenvalue weighted by atomic mass is 9.96. The van der Waals surface area contributed by atoms with Crippen molar-refractivity contribution in [2.24, 2.45) is 5.92 Å². The first-order valence-corrected chi connectivity index (χ1v) is 10.8. The summed E-state index contributed by atoms with van der Waals surface area (Å²) in [6.07, 6.45) is 1.31. The Bertz CT molecular complexity index is 618. The van der Waals surface area contributed by atoms with E-state index in [0.717, 1.165) is 12.2 Å². The minimum Gasteiger partial charge on any atom is -0.466 e. The van der Waals surface area contributed by atoms with Crippen LogP contribution in [0.25, 0.3) is 0 Å². The summed E-state index contributed by atoms with van der Waals surface area (Å²) in [5.41, 5.74) is 2.66. The molecule has 2 N–H and O–H groups in total. The Hall–Kier alpha value is -1.53. The molecule has 0 aromatic heterocycles. The van der Waals surface area contributed by atoms with Crippen LogP contribution < -0.4 is 10.6 Å². The van der Waals surface area contributed by atoms with Gasteiger partial charge in [0, 0.05) is 18.2 Å². The number of benzene rings is 1. The summed E-state index contributed by atoms with van der Waals surface area (Å²) >= 11 is 1.78. The van der Waals surface area contributed by atoms with Gasteiger partial charge in [-0.3, -0.25) is 14.9 Å². The zero-order valence-corrected chi connectivity index (χ0v) is 17.6. The number of rotatable bonds is 9. The molecule has 1 aromatic carbocycles. The van der Waals surface area contributed by atoms with Gasteiger partial charge in [-0.25, -0.2) is 0 Å². The maximum Gasteiger partial charge on any atom is 0.307 e. The van der Waals surface area contributed by atoms with Gasteiger partial charge in [0.05, 0.1) is 24.4 Å². The molecule has 3 atom stereocenters. The largest absolute Gasteiger partial charge is 0.466 e. The Morgan fingerprint density at radius 2 is 1.96 bits per heavy atom. The van der Waals surface area contributed by atoms with Crippen LogP contribution >= 0.6 is 11.8 Å². The van der Waals surface area contributed by atoms with Crippen LogP contribution in [0.5, 0.6) is 0 Å². The molecule has 0 saturated carbocycles. The second-order valence-electron chi connectivity index (χ2n) is 7.45. The second-order valence-corrected chi connectivity index (χ2v) is 8.62. The summed E-state index contributed by atoms with van der Waals surface area (Å²) in [5.74, 6) is 1.39. The summed E-state index contributed by atoms with van der Waals surface area (Å²) in [7, 11) is 0. The highest BCUT2D eigenvalue weighted by atomic mass is 32.2. The van der Waals surface area contributed by atoms with Crippen LogP contribution in [0.2, 0.25) is 0 Å². The van der Waals surface area contributed by atoms with Crippen LogP contribution in [0.15, 0.2) is 24.3 Å². The van der Waals surface area contributed by atoms with Gasteiger partial charge in [0.2, 0.25) is 5.91 Å². The Labute approximate surface area is 167 Å².